The summed E-state index contributed by atoms with van der Waals surface area (Å²) in [6, 6.07) is 6.76. The van der Waals surface area contributed by atoms with E-state index in [2.05, 4.69) is 60.2 Å². The van der Waals surface area contributed by atoms with Crippen LogP contribution in [0.5, 0.6) is 5.75 Å². The number of fused-ring (bicyclic) bond motifs is 1. The van der Waals surface area contributed by atoms with Crippen LogP contribution in [0.25, 0.3) is 0 Å². The highest BCUT2D eigenvalue weighted by molar-refractivity contribution is 9.10. The second-order valence-corrected chi connectivity index (χ2v) is 7.00. The van der Waals surface area contributed by atoms with Crippen LogP contribution in [0.1, 0.15) is 58.1 Å². The summed E-state index contributed by atoms with van der Waals surface area (Å²) in [4.78, 5) is 0. The van der Waals surface area contributed by atoms with Gasteiger partial charge >= 0.3 is 0 Å². The third-order valence-electron chi connectivity index (χ3n) is 4.66. The molecule has 2 nitrogen and oxygen atoms in total. The van der Waals surface area contributed by atoms with Gasteiger partial charge in [-0.2, -0.15) is 0 Å². The van der Waals surface area contributed by atoms with Gasteiger partial charge in [0.2, 0.25) is 0 Å². The smallest absolute Gasteiger partial charge is 0.126 e. The first-order chi connectivity index (χ1) is 9.53. The van der Waals surface area contributed by atoms with Gasteiger partial charge in [0.25, 0.3) is 0 Å². The Bertz CT molecular complexity index is 462. The van der Waals surface area contributed by atoms with Crippen LogP contribution >= 0.6 is 15.9 Å². The van der Waals surface area contributed by atoms with Gasteiger partial charge in [-0.3, -0.25) is 0 Å². The molecule has 0 radical (unpaired) electrons. The van der Waals surface area contributed by atoms with E-state index in [0.717, 1.165) is 29.5 Å². The Morgan fingerprint density at radius 1 is 1.45 bits per heavy atom. The van der Waals surface area contributed by atoms with E-state index in [9.17, 15) is 0 Å². The fraction of sp³-hybridized carbons (Fsp3) is 0.647. The van der Waals surface area contributed by atoms with Crippen LogP contribution in [0.2, 0.25) is 0 Å². The maximum Gasteiger partial charge on any atom is 0.126 e. The molecule has 0 amide bonds. The number of halogens is 1. The predicted molar refractivity (Wildman–Crippen MR) is 88.3 cm³/mol. The summed E-state index contributed by atoms with van der Waals surface area (Å²) in [5.74, 6) is 1.73. The quantitative estimate of drug-likeness (QED) is 0.807. The number of benzene rings is 1. The molecule has 1 aromatic rings. The molecule has 0 bridgehead atoms. The molecular formula is C17H26BrNO. The van der Waals surface area contributed by atoms with Crippen molar-refractivity contribution in [2.75, 3.05) is 7.05 Å². The molecule has 1 aliphatic heterocycles. The Balaban J connectivity index is 2.34. The lowest BCUT2D eigenvalue weighted by Gasteiger charge is -2.43. The Kier molecular flexibility index (Phi) is 5.14. The molecule has 3 atom stereocenters. The molecule has 0 saturated carbocycles. The standard InChI is InChI=1S/C17H26BrNO/c1-5-12(3)10-17(6-2)11-15(19-4)14-8-7-13(18)9-16(14)20-17/h7-9,12,15,19H,5-6,10-11H2,1-4H3. The zero-order valence-corrected chi connectivity index (χ0v) is 14.6. The van der Waals surface area contributed by atoms with Crippen LogP contribution in [-0.4, -0.2) is 12.6 Å². The van der Waals surface area contributed by atoms with Gasteiger partial charge in [0.1, 0.15) is 11.4 Å². The van der Waals surface area contributed by atoms with Crippen molar-refractivity contribution in [3.8, 4) is 5.75 Å². The lowest BCUT2D eigenvalue weighted by Crippen LogP contribution is -2.44. The Morgan fingerprint density at radius 2 is 2.20 bits per heavy atom. The zero-order chi connectivity index (χ0) is 14.8. The van der Waals surface area contributed by atoms with Crippen LogP contribution in [0.3, 0.4) is 0 Å². The van der Waals surface area contributed by atoms with E-state index in [1.54, 1.807) is 0 Å². The summed E-state index contributed by atoms with van der Waals surface area (Å²) < 4.78 is 7.57. The van der Waals surface area contributed by atoms with Gasteiger partial charge in [0, 0.05) is 22.5 Å². The van der Waals surface area contributed by atoms with Gasteiger partial charge in [-0.05, 0) is 37.9 Å². The average molecular weight is 340 g/mol. The van der Waals surface area contributed by atoms with Crippen LogP contribution in [0.4, 0.5) is 0 Å². The first kappa shape index (κ1) is 15.8. The fourth-order valence-electron chi connectivity index (χ4n) is 3.16. The SMILES string of the molecule is CCC(C)CC1(CC)CC(NC)c2ccc(Br)cc2O1. The minimum Gasteiger partial charge on any atom is -0.487 e. The highest BCUT2D eigenvalue weighted by atomic mass is 79.9. The topological polar surface area (TPSA) is 21.3 Å². The van der Waals surface area contributed by atoms with Crippen molar-refractivity contribution >= 4 is 15.9 Å². The molecule has 0 spiro atoms. The van der Waals surface area contributed by atoms with Crippen molar-refractivity contribution in [3.05, 3.63) is 28.2 Å². The number of ether oxygens (including phenoxy) is 1. The zero-order valence-electron chi connectivity index (χ0n) is 13.0. The van der Waals surface area contributed by atoms with E-state index < -0.39 is 0 Å². The number of hydrogen-bond acceptors (Lipinski definition) is 2. The predicted octanol–water partition coefficient (Wildman–Crippen LogP) is 5.08. The first-order valence-electron chi connectivity index (χ1n) is 7.69. The number of hydrogen-bond donors (Lipinski definition) is 1. The third kappa shape index (κ3) is 3.20. The Hall–Kier alpha value is -0.540. The minimum absolute atomic E-state index is 0.0309. The highest BCUT2D eigenvalue weighted by Gasteiger charge is 2.40. The highest BCUT2D eigenvalue weighted by Crippen LogP contribution is 2.44. The van der Waals surface area contributed by atoms with Crippen LogP contribution in [0, 0.1) is 5.92 Å². The summed E-state index contributed by atoms with van der Waals surface area (Å²) in [7, 11) is 2.05. The Morgan fingerprint density at radius 3 is 2.80 bits per heavy atom. The molecule has 0 fully saturated rings. The van der Waals surface area contributed by atoms with Crippen LogP contribution in [-0.2, 0) is 0 Å². The second-order valence-electron chi connectivity index (χ2n) is 6.08. The molecule has 1 aliphatic rings. The first-order valence-corrected chi connectivity index (χ1v) is 8.48. The van der Waals surface area contributed by atoms with Crippen molar-refractivity contribution in [1.82, 2.24) is 5.32 Å². The molecule has 20 heavy (non-hydrogen) atoms. The molecular weight excluding hydrogens is 314 g/mol. The van der Waals surface area contributed by atoms with Gasteiger partial charge in [-0.25, -0.2) is 0 Å². The number of rotatable bonds is 5. The summed E-state index contributed by atoms with van der Waals surface area (Å²) >= 11 is 3.56. The molecule has 0 saturated heterocycles. The molecule has 3 heteroatoms. The summed E-state index contributed by atoms with van der Waals surface area (Å²) in [5, 5.41) is 3.46. The van der Waals surface area contributed by atoms with Gasteiger partial charge in [0.15, 0.2) is 0 Å². The largest absolute Gasteiger partial charge is 0.487 e. The number of nitrogens with one attached hydrogen (secondary N) is 1. The summed E-state index contributed by atoms with van der Waals surface area (Å²) in [5.41, 5.74) is 1.25. The molecule has 1 heterocycles. The second kappa shape index (κ2) is 6.48. The monoisotopic (exact) mass is 339 g/mol. The van der Waals surface area contributed by atoms with Gasteiger partial charge < -0.3 is 10.1 Å². The van der Waals surface area contributed by atoms with Crippen molar-refractivity contribution in [2.24, 2.45) is 5.92 Å². The van der Waals surface area contributed by atoms with Crippen LogP contribution in [0.15, 0.2) is 22.7 Å². The van der Waals surface area contributed by atoms with Crippen molar-refractivity contribution in [2.45, 2.75) is 58.1 Å². The van der Waals surface area contributed by atoms with Gasteiger partial charge in [0.05, 0.1) is 0 Å². The van der Waals surface area contributed by atoms with E-state index in [1.807, 2.05) is 7.05 Å². The molecule has 0 aromatic heterocycles. The average Bonchev–Trinajstić information content (AvgIpc) is 2.45. The minimum atomic E-state index is -0.0309. The molecule has 3 unspecified atom stereocenters. The van der Waals surface area contributed by atoms with E-state index in [1.165, 1.54) is 12.0 Å². The lowest BCUT2D eigenvalue weighted by molar-refractivity contribution is 0.00649. The fourth-order valence-corrected chi connectivity index (χ4v) is 3.50. The van der Waals surface area contributed by atoms with Crippen molar-refractivity contribution in [1.29, 1.82) is 0 Å². The van der Waals surface area contributed by atoms with E-state index in [4.69, 9.17) is 4.74 Å². The van der Waals surface area contributed by atoms with E-state index >= 15 is 0 Å². The van der Waals surface area contributed by atoms with E-state index in [-0.39, 0.29) is 5.60 Å². The lowest BCUT2D eigenvalue weighted by atomic mass is 9.79. The normalized spacial score (nSPS) is 26.8. The summed E-state index contributed by atoms with van der Waals surface area (Å²) in [6.45, 7) is 6.83. The maximum absolute atomic E-state index is 6.48. The Labute approximate surface area is 131 Å². The van der Waals surface area contributed by atoms with Crippen molar-refractivity contribution < 1.29 is 4.74 Å². The molecule has 2 rings (SSSR count). The maximum atomic E-state index is 6.48. The van der Waals surface area contributed by atoms with Gasteiger partial charge in [-0.1, -0.05) is 49.2 Å². The molecule has 0 aliphatic carbocycles. The third-order valence-corrected chi connectivity index (χ3v) is 5.16. The molecule has 1 N–H and O–H groups in total. The van der Waals surface area contributed by atoms with Crippen molar-refractivity contribution in [3.63, 3.8) is 0 Å². The van der Waals surface area contributed by atoms with Gasteiger partial charge in [-0.15, -0.1) is 0 Å². The van der Waals surface area contributed by atoms with E-state index in [0.29, 0.717) is 12.0 Å². The summed E-state index contributed by atoms with van der Waals surface area (Å²) in [6.07, 6.45) is 4.45. The molecule has 1 aromatic carbocycles. The van der Waals surface area contributed by atoms with Crippen LogP contribution < -0.4 is 10.1 Å². The molecule has 112 valence electrons.